The van der Waals surface area contributed by atoms with Crippen LogP contribution in [0.5, 0.6) is 0 Å². The lowest BCUT2D eigenvalue weighted by atomic mass is 9.97. The molecule has 0 aliphatic heterocycles. The van der Waals surface area contributed by atoms with Crippen molar-refractivity contribution < 1.29 is 38.7 Å². The minimum atomic E-state index is -1.51. The van der Waals surface area contributed by atoms with Gasteiger partial charge in [0.05, 0.1) is 12.5 Å². The van der Waals surface area contributed by atoms with Gasteiger partial charge in [0.2, 0.25) is 35.4 Å². The van der Waals surface area contributed by atoms with Crippen LogP contribution < -0.4 is 43.8 Å². The number of thiol groups is 1. The van der Waals surface area contributed by atoms with Crippen molar-refractivity contribution in [1.82, 2.24) is 26.6 Å². The van der Waals surface area contributed by atoms with E-state index >= 15 is 0 Å². The summed E-state index contributed by atoms with van der Waals surface area (Å²) < 4.78 is 0. The first kappa shape index (κ1) is 43.9. The maximum Gasteiger partial charge on any atom is 0.326 e. The Hall–Kier alpha value is -3.09. The van der Waals surface area contributed by atoms with Crippen LogP contribution in [0.15, 0.2) is 0 Å². The van der Waals surface area contributed by atoms with E-state index in [4.69, 9.17) is 17.2 Å². The number of unbranched alkanes of at least 4 members (excludes halogenated alkanes) is 1. The number of thioether (sulfide) groups is 1. The number of amides is 6. The number of primary amides is 1. The van der Waals surface area contributed by atoms with Crippen molar-refractivity contribution in [2.45, 2.75) is 102 Å². The van der Waals surface area contributed by atoms with Crippen LogP contribution in [0.1, 0.15) is 66.2 Å². The first-order chi connectivity index (χ1) is 22.0. The Morgan fingerprint density at radius 2 is 1.30 bits per heavy atom. The third kappa shape index (κ3) is 16.5. The molecule has 0 aliphatic carbocycles. The highest BCUT2D eigenvalue weighted by Gasteiger charge is 2.35. The molecular weight excluding hydrogens is 653 g/mol. The second-order valence-corrected chi connectivity index (χ2v) is 13.0. The molecule has 0 heterocycles. The quantitative estimate of drug-likeness (QED) is 0.0395. The minimum Gasteiger partial charge on any atom is -0.480 e. The van der Waals surface area contributed by atoms with Gasteiger partial charge >= 0.3 is 5.97 Å². The molecule has 0 aliphatic rings. The van der Waals surface area contributed by atoms with E-state index < -0.39 is 95.9 Å². The Kier molecular flexibility index (Phi) is 21.7. The van der Waals surface area contributed by atoms with E-state index in [0.717, 1.165) is 0 Å². The average Bonchev–Trinajstić information content (AvgIpc) is 3.01. The Balaban J connectivity index is 5.87. The van der Waals surface area contributed by atoms with Gasteiger partial charge in [0.25, 0.3) is 0 Å². The van der Waals surface area contributed by atoms with Gasteiger partial charge in [-0.05, 0) is 49.7 Å². The van der Waals surface area contributed by atoms with E-state index in [2.05, 4.69) is 39.2 Å². The molecule has 0 spiro atoms. The fourth-order valence-electron chi connectivity index (χ4n) is 4.28. The first-order valence-electron chi connectivity index (χ1n) is 15.6. The second-order valence-electron chi connectivity index (χ2n) is 11.6. The van der Waals surface area contributed by atoms with Crippen LogP contribution in [0, 0.1) is 11.8 Å². The van der Waals surface area contributed by atoms with Crippen molar-refractivity contribution in [3.05, 3.63) is 0 Å². The van der Waals surface area contributed by atoms with Crippen LogP contribution in [-0.4, -0.2) is 107 Å². The maximum atomic E-state index is 13.4. The summed E-state index contributed by atoms with van der Waals surface area (Å²) in [5.74, 6) is -6.52. The molecule has 12 N–H and O–H groups in total. The van der Waals surface area contributed by atoms with Gasteiger partial charge in [0.15, 0.2) is 0 Å². The number of hydrogen-bond donors (Lipinski definition) is 10. The highest BCUT2D eigenvalue weighted by atomic mass is 32.2. The van der Waals surface area contributed by atoms with E-state index in [1.165, 1.54) is 11.8 Å². The third-order valence-electron chi connectivity index (χ3n) is 7.43. The summed E-state index contributed by atoms with van der Waals surface area (Å²) in [4.78, 5) is 89.1. The zero-order valence-corrected chi connectivity index (χ0v) is 29.6. The maximum absolute atomic E-state index is 13.4. The van der Waals surface area contributed by atoms with Crippen LogP contribution in [0.2, 0.25) is 0 Å². The molecule has 0 bridgehead atoms. The SMILES string of the molecule is CC[C@H](C)[C@H](NC(=O)[C@H](CC(N)=O)NC(=O)[C@@H](NC(=O)[C@@H](N)CCCCN)C(C)C)C(=O)N[C@@H](CS)C(=O)N[C@@H](CCSC)C(=O)O. The van der Waals surface area contributed by atoms with Gasteiger partial charge in [-0.15, -0.1) is 0 Å². The molecule has 0 aromatic rings. The molecule has 0 saturated heterocycles. The van der Waals surface area contributed by atoms with Crippen molar-refractivity contribution >= 4 is 65.8 Å². The molecule has 0 aromatic carbocycles. The van der Waals surface area contributed by atoms with Crippen molar-refractivity contribution in [1.29, 1.82) is 0 Å². The normalized spacial score (nSPS) is 15.6. The fraction of sp³-hybridized carbons (Fsp3) is 0.759. The summed E-state index contributed by atoms with van der Waals surface area (Å²) in [5, 5.41) is 22.0. The van der Waals surface area contributed by atoms with E-state index in [0.29, 0.717) is 38.0 Å². The minimum absolute atomic E-state index is 0.164. The lowest BCUT2D eigenvalue weighted by molar-refractivity contribution is -0.142. The Bertz CT molecular complexity index is 1070. The molecule has 47 heavy (non-hydrogen) atoms. The lowest BCUT2D eigenvalue weighted by Crippen LogP contribution is -2.61. The highest BCUT2D eigenvalue weighted by molar-refractivity contribution is 7.98. The molecule has 0 fully saturated rings. The van der Waals surface area contributed by atoms with Crippen molar-refractivity contribution in [2.75, 3.05) is 24.3 Å². The van der Waals surface area contributed by atoms with Gasteiger partial charge in [-0.2, -0.15) is 24.4 Å². The van der Waals surface area contributed by atoms with Crippen LogP contribution >= 0.6 is 24.4 Å². The van der Waals surface area contributed by atoms with Crippen molar-refractivity contribution in [3.8, 4) is 0 Å². The Morgan fingerprint density at radius 3 is 1.79 bits per heavy atom. The molecule has 18 heteroatoms. The monoisotopic (exact) mass is 706 g/mol. The Morgan fingerprint density at radius 1 is 0.766 bits per heavy atom. The summed E-state index contributed by atoms with van der Waals surface area (Å²) in [5.41, 5.74) is 16.8. The van der Waals surface area contributed by atoms with Crippen LogP contribution in [-0.2, 0) is 33.6 Å². The summed E-state index contributed by atoms with van der Waals surface area (Å²) >= 11 is 5.54. The van der Waals surface area contributed by atoms with Gasteiger partial charge in [-0.3, -0.25) is 28.8 Å². The van der Waals surface area contributed by atoms with Crippen LogP contribution in [0.25, 0.3) is 0 Å². The topological polar surface area (TPSA) is 278 Å². The number of hydrogen-bond acceptors (Lipinski definition) is 11. The molecule has 0 saturated carbocycles. The van der Waals surface area contributed by atoms with Crippen molar-refractivity contribution in [3.63, 3.8) is 0 Å². The highest BCUT2D eigenvalue weighted by Crippen LogP contribution is 2.11. The van der Waals surface area contributed by atoms with Gasteiger partial charge in [0, 0.05) is 5.75 Å². The summed E-state index contributed by atoms with van der Waals surface area (Å²) in [6.45, 7) is 7.23. The molecule has 0 rings (SSSR count). The largest absolute Gasteiger partial charge is 0.480 e. The second kappa shape index (κ2) is 23.3. The van der Waals surface area contributed by atoms with Gasteiger partial charge < -0.3 is 48.9 Å². The molecule has 0 aromatic heterocycles. The van der Waals surface area contributed by atoms with Crippen LogP contribution in [0.3, 0.4) is 0 Å². The number of carboxylic acid groups (broad SMARTS) is 1. The van der Waals surface area contributed by atoms with Gasteiger partial charge in [-0.25, -0.2) is 4.79 Å². The summed E-state index contributed by atoms with van der Waals surface area (Å²) in [7, 11) is 0. The number of rotatable bonds is 24. The average molecular weight is 707 g/mol. The van der Waals surface area contributed by atoms with E-state index in [1.54, 1.807) is 34.0 Å². The zero-order chi connectivity index (χ0) is 36.3. The predicted molar refractivity (Wildman–Crippen MR) is 183 cm³/mol. The number of carboxylic acids is 1. The number of nitrogens with two attached hydrogens (primary N) is 3. The van der Waals surface area contributed by atoms with E-state index in [9.17, 15) is 38.7 Å². The van der Waals surface area contributed by atoms with Crippen molar-refractivity contribution in [2.24, 2.45) is 29.0 Å². The van der Waals surface area contributed by atoms with Gasteiger partial charge in [0.1, 0.15) is 30.2 Å². The standard InChI is InChI=1S/C29H54N8O8S2/c1-6-16(4)23(28(43)35-20(14-46)26(41)33-18(29(44)45)10-12-47-5)37-25(40)19(13-21(32)38)34-27(42)22(15(2)3)36-24(39)17(31)9-7-8-11-30/h15-20,22-23,46H,6-14,30-31H2,1-5H3,(H2,32,38)(H,33,41)(H,34,42)(H,35,43)(H,36,39)(H,37,40)(H,44,45)/t16-,17-,18-,19-,20-,22-,23-/m0/s1. The fourth-order valence-corrected chi connectivity index (χ4v) is 5.01. The zero-order valence-electron chi connectivity index (χ0n) is 27.9. The predicted octanol–water partition coefficient (Wildman–Crippen LogP) is -1.79. The molecule has 270 valence electrons. The lowest BCUT2D eigenvalue weighted by Gasteiger charge is -2.29. The number of aliphatic carboxylic acids is 1. The molecular formula is C29H54N8O8S2. The van der Waals surface area contributed by atoms with E-state index in [1.807, 2.05) is 0 Å². The molecule has 0 radical (unpaired) electrons. The van der Waals surface area contributed by atoms with E-state index in [-0.39, 0.29) is 12.2 Å². The smallest absolute Gasteiger partial charge is 0.326 e. The molecule has 0 unspecified atom stereocenters. The third-order valence-corrected chi connectivity index (χ3v) is 8.43. The molecule has 6 amide bonds. The molecule has 16 nitrogen and oxygen atoms in total. The number of carbonyl (C=O) groups excluding carboxylic acids is 6. The molecule has 7 atom stereocenters. The first-order valence-corrected chi connectivity index (χ1v) is 17.6. The summed E-state index contributed by atoms with van der Waals surface area (Å²) in [6.07, 6.45) is 3.41. The van der Waals surface area contributed by atoms with Gasteiger partial charge in [-0.1, -0.05) is 40.5 Å². The van der Waals surface area contributed by atoms with Crippen LogP contribution in [0.4, 0.5) is 0 Å². The summed E-state index contributed by atoms with van der Waals surface area (Å²) in [6, 6.07) is -7.14. The number of nitrogens with one attached hydrogen (secondary N) is 5. The number of carbonyl (C=O) groups is 7. The Labute approximate surface area is 286 Å².